The number of aliphatic hydroxyl groups excluding tert-OH is 2. The maximum atomic E-state index is 12.7. The number of hydrogen-bond acceptors (Lipinski definition) is 4. The number of aliphatic hydroxyl groups is 2. The maximum Gasteiger partial charge on any atom is 0.255 e. The van der Waals surface area contributed by atoms with E-state index in [2.05, 4.69) is 0 Å². The van der Waals surface area contributed by atoms with E-state index in [1.54, 1.807) is 4.90 Å². The molecule has 0 aromatic rings. The molecule has 2 unspecified atom stereocenters. The highest BCUT2D eigenvalue weighted by atomic mass is 16.3. The van der Waals surface area contributed by atoms with Crippen LogP contribution in [0.5, 0.6) is 0 Å². The zero-order valence-corrected chi connectivity index (χ0v) is 13.1. The minimum atomic E-state index is -1.83. The molecule has 0 aromatic heterocycles. The SMILES string of the molecule is NC(=O)C(O)C(O)C(=O)N(C1CCCCC1)C1CCCCC1. The molecule has 2 saturated carbocycles. The molecule has 2 aliphatic carbocycles. The van der Waals surface area contributed by atoms with E-state index in [4.69, 9.17) is 5.73 Å². The summed E-state index contributed by atoms with van der Waals surface area (Å²) < 4.78 is 0. The zero-order chi connectivity index (χ0) is 16.1. The number of primary amides is 1. The molecule has 22 heavy (non-hydrogen) atoms. The Balaban J connectivity index is 2.14. The van der Waals surface area contributed by atoms with Gasteiger partial charge in [0.1, 0.15) is 0 Å². The lowest BCUT2D eigenvalue weighted by Gasteiger charge is -2.42. The summed E-state index contributed by atoms with van der Waals surface area (Å²) in [6.07, 6.45) is 6.82. The molecule has 0 heterocycles. The van der Waals surface area contributed by atoms with Crippen LogP contribution in [0.1, 0.15) is 64.2 Å². The highest BCUT2D eigenvalue weighted by molar-refractivity contribution is 5.90. The molecular formula is C16H28N2O4. The number of carbonyl (C=O) groups excluding carboxylic acids is 2. The van der Waals surface area contributed by atoms with Crippen molar-refractivity contribution in [2.24, 2.45) is 5.73 Å². The van der Waals surface area contributed by atoms with Gasteiger partial charge in [-0.05, 0) is 25.7 Å². The number of nitrogens with zero attached hydrogens (tertiary/aromatic N) is 1. The minimum absolute atomic E-state index is 0.110. The van der Waals surface area contributed by atoms with Gasteiger partial charge in [-0.25, -0.2) is 0 Å². The molecule has 2 amide bonds. The van der Waals surface area contributed by atoms with E-state index in [0.29, 0.717) is 0 Å². The second-order valence-corrected chi connectivity index (χ2v) is 6.62. The van der Waals surface area contributed by atoms with Gasteiger partial charge in [-0.2, -0.15) is 0 Å². The molecule has 2 fully saturated rings. The summed E-state index contributed by atoms with van der Waals surface area (Å²) in [7, 11) is 0. The van der Waals surface area contributed by atoms with Crippen LogP contribution in [0.3, 0.4) is 0 Å². The predicted octanol–water partition coefficient (Wildman–Crippen LogP) is 0.687. The molecule has 0 saturated heterocycles. The van der Waals surface area contributed by atoms with Gasteiger partial charge in [0.2, 0.25) is 5.91 Å². The number of amides is 2. The van der Waals surface area contributed by atoms with Gasteiger partial charge in [0.05, 0.1) is 0 Å². The number of hydrogen-bond donors (Lipinski definition) is 3. The maximum absolute atomic E-state index is 12.7. The molecule has 2 aliphatic rings. The van der Waals surface area contributed by atoms with Crippen molar-refractivity contribution in [1.82, 2.24) is 4.90 Å². The lowest BCUT2D eigenvalue weighted by Crippen LogP contribution is -2.56. The molecule has 2 atom stereocenters. The first kappa shape index (κ1) is 17.2. The normalized spacial score (nSPS) is 23.7. The van der Waals surface area contributed by atoms with Gasteiger partial charge < -0.3 is 20.8 Å². The fourth-order valence-corrected chi connectivity index (χ4v) is 3.82. The molecule has 4 N–H and O–H groups in total. The van der Waals surface area contributed by atoms with Gasteiger partial charge in [-0.3, -0.25) is 9.59 Å². The Morgan fingerprint density at radius 3 is 1.59 bits per heavy atom. The van der Waals surface area contributed by atoms with Crippen LogP contribution in [-0.4, -0.2) is 51.2 Å². The summed E-state index contributed by atoms with van der Waals surface area (Å²) in [4.78, 5) is 25.5. The first-order valence-electron chi connectivity index (χ1n) is 8.50. The Labute approximate surface area is 131 Å². The second-order valence-electron chi connectivity index (χ2n) is 6.62. The number of nitrogens with two attached hydrogens (primary N) is 1. The molecule has 2 rings (SSSR count). The van der Waals surface area contributed by atoms with Gasteiger partial charge in [0.25, 0.3) is 5.91 Å². The quantitative estimate of drug-likeness (QED) is 0.694. The smallest absolute Gasteiger partial charge is 0.255 e. The molecule has 126 valence electrons. The zero-order valence-electron chi connectivity index (χ0n) is 13.1. The average Bonchev–Trinajstić information content (AvgIpc) is 2.55. The molecule has 6 nitrogen and oxygen atoms in total. The molecule has 0 bridgehead atoms. The van der Waals surface area contributed by atoms with Gasteiger partial charge >= 0.3 is 0 Å². The monoisotopic (exact) mass is 312 g/mol. The summed E-state index contributed by atoms with van der Waals surface area (Å²) >= 11 is 0. The molecule has 6 heteroatoms. The predicted molar refractivity (Wildman–Crippen MR) is 81.8 cm³/mol. The first-order valence-corrected chi connectivity index (χ1v) is 8.50. The molecular weight excluding hydrogens is 284 g/mol. The summed E-state index contributed by atoms with van der Waals surface area (Å²) in [5.74, 6) is -1.60. The van der Waals surface area contributed by atoms with Gasteiger partial charge in [0.15, 0.2) is 12.2 Å². The Morgan fingerprint density at radius 1 is 0.818 bits per heavy atom. The van der Waals surface area contributed by atoms with Crippen LogP contribution in [0, 0.1) is 0 Å². The number of carbonyl (C=O) groups is 2. The van der Waals surface area contributed by atoms with E-state index in [1.165, 1.54) is 12.8 Å². The fraction of sp³-hybridized carbons (Fsp3) is 0.875. The Hall–Kier alpha value is -1.14. The van der Waals surface area contributed by atoms with Crippen molar-refractivity contribution in [3.05, 3.63) is 0 Å². The third-order valence-electron chi connectivity index (χ3n) is 5.03. The van der Waals surface area contributed by atoms with Crippen molar-refractivity contribution in [1.29, 1.82) is 0 Å². The Morgan fingerprint density at radius 2 is 1.23 bits per heavy atom. The van der Waals surface area contributed by atoms with Crippen LogP contribution in [0.15, 0.2) is 0 Å². The first-order chi connectivity index (χ1) is 10.5. The summed E-state index contributed by atoms with van der Waals surface area (Å²) in [6.45, 7) is 0. The molecule has 0 radical (unpaired) electrons. The third kappa shape index (κ3) is 3.98. The summed E-state index contributed by atoms with van der Waals surface area (Å²) in [6, 6.07) is 0.221. The standard InChI is InChI=1S/C16H28N2O4/c17-15(21)13(19)14(20)16(22)18(11-7-3-1-4-8-11)12-9-5-2-6-10-12/h11-14,19-20H,1-10H2,(H2,17,21). The van der Waals surface area contributed by atoms with Crippen LogP contribution in [-0.2, 0) is 9.59 Å². The topological polar surface area (TPSA) is 104 Å². The van der Waals surface area contributed by atoms with Crippen molar-refractivity contribution >= 4 is 11.8 Å². The van der Waals surface area contributed by atoms with Crippen molar-refractivity contribution in [2.45, 2.75) is 88.5 Å². The van der Waals surface area contributed by atoms with E-state index in [-0.39, 0.29) is 12.1 Å². The molecule has 0 aliphatic heterocycles. The van der Waals surface area contributed by atoms with Gasteiger partial charge in [0, 0.05) is 12.1 Å². The van der Waals surface area contributed by atoms with Crippen molar-refractivity contribution in [3.63, 3.8) is 0 Å². The molecule has 0 aromatic carbocycles. The van der Waals surface area contributed by atoms with E-state index in [1.807, 2.05) is 0 Å². The van der Waals surface area contributed by atoms with Crippen molar-refractivity contribution in [2.75, 3.05) is 0 Å². The van der Waals surface area contributed by atoms with Crippen LogP contribution in [0.25, 0.3) is 0 Å². The minimum Gasteiger partial charge on any atom is -0.380 e. The lowest BCUT2D eigenvalue weighted by atomic mass is 9.88. The van der Waals surface area contributed by atoms with Crippen molar-refractivity contribution < 1.29 is 19.8 Å². The van der Waals surface area contributed by atoms with E-state index >= 15 is 0 Å². The third-order valence-corrected chi connectivity index (χ3v) is 5.03. The van der Waals surface area contributed by atoms with E-state index in [0.717, 1.165) is 51.4 Å². The van der Waals surface area contributed by atoms with Crippen molar-refractivity contribution in [3.8, 4) is 0 Å². The Kier molecular flexibility index (Phi) is 6.20. The Bertz CT molecular complexity index is 372. The molecule has 0 spiro atoms. The average molecular weight is 312 g/mol. The van der Waals surface area contributed by atoms with E-state index in [9.17, 15) is 19.8 Å². The second kappa shape index (κ2) is 7.92. The van der Waals surface area contributed by atoms with Crippen LogP contribution in [0.4, 0.5) is 0 Å². The largest absolute Gasteiger partial charge is 0.380 e. The van der Waals surface area contributed by atoms with Crippen LogP contribution in [0.2, 0.25) is 0 Å². The fourth-order valence-electron chi connectivity index (χ4n) is 3.82. The number of rotatable bonds is 5. The van der Waals surface area contributed by atoms with E-state index < -0.39 is 24.0 Å². The van der Waals surface area contributed by atoms with Crippen LogP contribution < -0.4 is 5.73 Å². The highest BCUT2D eigenvalue weighted by Crippen LogP contribution is 2.31. The summed E-state index contributed by atoms with van der Waals surface area (Å²) in [5.41, 5.74) is 5.01. The van der Waals surface area contributed by atoms with Crippen LogP contribution >= 0.6 is 0 Å². The van der Waals surface area contributed by atoms with Gasteiger partial charge in [-0.15, -0.1) is 0 Å². The summed E-state index contributed by atoms with van der Waals surface area (Å²) in [5, 5.41) is 19.7. The highest BCUT2D eigenvalue weighted by Gasteiger charge is 2.39. The van der Waals surface area contributed by atoms with Gasteiger partial charge in [-0.1, -0.05) is 38.5 Å². The lowest BCUT2D eigenvalue weighted by molar-refractivity contribution is -0.157.